The third-order valence-corrected chi connectivity index (χ3v) is 2.35. The van der Waals surface area contributed by atoms with Gasteiger partial charge in [0.05, 0.1) is 11.6 Å². The first-order valence-electron chi connectivity index (χ1n) is 5.60. The van der Waals surface area contributed by atoms with E-state index in [4.69, 9.17) is 5.26 Å². The van der Waals surface area contributed by atoms with Crippen LogP contribution in [0.2, 0.25) is 0 Å². The Morgan fingerprint density at radius 3 is 2.05 bits per heavy atom. The highest BCUT2D eigenvalue weighted by Gasteiger charge is 1.92. The van der Waals surface area contributed by atoms with Crippen LogP contribution in [0.1, 0.15) is 16.7 Å². The Balaban J connectivity index is 0.000000191. The molecule has 0 N–H and O–H groups in total. The molecular formula is C15H13F2NO. The van der Waals surface area contributed by atoms with Gasteiger partial charge in [0.2, 0.25) is 0 Å². The van der Waals surface area contributed by atoms with Gasteiger partial charge in [-0.2, -0.15) is 5.26 Å². The smallest absolute Gasteiger partial charge is 0.171 e. The summed E-state index contributed by atoms with van der Waals surface area (Å²) in [5.41, 5.74) is 2.41. The summed E-state index contributed by atoms with van der Waals surface area (Å²) in [6, 6.07) is 15.1. The second-order valence-electron chi connectivity index (χ2n) is 3.83. The topological polar surface area (TPSA) is 33.0 Å². The summed E-state index contributed by atoms with van der Waals surface area (Å²) in [5, 5.41) is 8.32. The molecule has 0 saturated carbocycles. The van der Waals surface area contributed by atoms with Crippen molar-refractivity contribution >= 4 is 0 Å². The molecule has 0 spiro atoms. The third kappa shape index (κ3) is 5.17. The normalized spacial score (nSPS) is 8.95. The number of alkyl halides is 1. The lowest BCUT2D eigenvalue weighted by Crippen LogP contribution is -1.76. The van der Waals surface area contributed by atoms with Gasteiger partial charge in [-0.1, -0.05) is 29.8 Å². The first-order valence-corrected chi connectivity index (χ1v) is 5.60. The van der Waals surface area contributed by atoms with Crippen molar-refractivity contribution in [3.05, 3.63) is 65.2 Å². The van der Waals surface area contributed by atoms with Gasteiger partial charge in [-0.25, -0.2) is 4.39 Å². The van der Waals surface area contributed by atoms with Crippen LogP contribution >= 0.6 is 0 Å². The number of hydrogen-bond acceptors (Lipinski definition) is 2. The molecule has 0 heterocycles. The maximum absolute atomic E-state index is 11.9. The first-order chi connectivity index (χ1) is 9.19. The zero-order chi connectivity index (χ0) is 14.1. The predicted molar refractivity (Wildman–Crippen MR) is 68.9 cm³/mol. The molecule has 0 aromatic heterocycles. The minimum absolute atomic E-state index is 0.110. The second kappa shape index (κ2) is 7.83. The number of nitriles is 1. The summed E-state index contributed by atoms with van der Waals surface area (Å²) < 4.78 is 23.2. The number of nitrogens with zero attached hydrogens (tertiary/aromatic N) is 1. The lowest BCUT2D eigenvalue weighted by molar-refractivity contribution is -0.00620. The van der Waals surface area contributed by atoms with E-state index in [1.54, 1.807) is 12.1 Å². The summed E-state index contributed by atoms with van der Waals surface area (Å²) in [7, 11) is 0. The van der Waals surface area contributed by atoms with Crippen molar-refractivity contribution in [3.63, 3.8) is 0 Å². The third-order valence-electron chi connectivity index (χ3n) is 2.35. The highest BCUT2D eigenvalue weighted by Crippen LogP contribution is 2.11. The van der Waals surface area contributed by atoms with Crippen LogP contribution < -0.4 is 4.94 Å². The minimum Gasteiger partial charge on any atom is -0.294 e. The Labute approximate surface area is 110 Å². The summed E-state index contributed by atoms with van der Waals surface area (Å²) in [6.45, 7) is 1.63. The molecule has 0 aliphatic rings. The van der Waals surface area contributed by atoms with Gasteiger partial charge in [0.15, 0.2) is 5.75 Å². The van der Waals surface area contributed by atoms with Gasteiger partial charge in [0.25, 0.3) is 0 Å². The molecule has 0 unspecified atom stereocenters. The molecule has 0 radical (unpaired) electrons. The van der Waals surface area contributed by atoms with E-state index in [1.807, 2.05) is 25.1 Å². The molecule has 0 bridgehead atoms. The van der Waals surface area contributed by atoms with Crippen molar-refractivity contribution in [3.8, 4) is 11.8 Å². The number of hydrogen-bond donors (Lipinski definition) is 0. The Hall–Kier alpha value is -2.41. The lowest BCUT2D eigenvalue weighted by Gasteiger charge is -1.92. The average Bonchev–Trinajstić information content (AvgIpc) is 2.49. The molecule has 98 valence electrons. The van der Waals surface area contributed by atoms with Crippen LogP contribution in [-0.4, -0.2) is 0 Å². The van der Waals surface area contributed by atoms with Crippen LogP contribution in [0.3, 0.4) is 0 Å². The highest BCUT2D eigenvalue weighted by molar-refractivity contribution is 5.34. The standard InChI is InChI=1S/C8H9F.C7H4FNO/c1-7-2-4-8(6-9)5-3-7;8-10-7-3-1-6(5-9)2-4-7/h2-5H,6H2,1H3;1-4H. The number of aryl methyl sites for hydroxylation is 1. The van der Waals surface area contributed by atoms with Crippen molar-refractivity contribution in [1.29, 1.82) is 5.26 Å². The SMILES string of the molecule is Cc1ccc(CF)cc1.N#Cc1ccc(OF)cc1. The van der Waals surface area contributed by atoms with E-state index in [2.05, 4.69) is 4.94 Å². The van der Waals surface area contributed by atoms with Crippen LogP contribution in [-0.2, 0) is 6.67 Å². The average molecular weight is 261 g/mol. The van der Waals surface area contributed by atoms with E-state index in [1.165, 1.54) is 29.8 Å². The zero-order valence-electron chi connectivity index (χ0n) is 10.4. The van der Waals surface area contributed by atoms with Gasteiger partial charge in [-0.05, 0) is 36.8 Å². The minimum atomic E-state index is -0.361. The molecule has 2 nitrogen and oxygen atoms in total. The van der Waals surface area contributed by atoms with Crippen LogP contribution in [0.15, 0.2) is 48.5 Å². The van der Waals surface area contributed by atoms with E-state index in [-0.39, 0.29) is 12.4 Å². The predicted octanol–water partition coefficient (Wildman–Crippen LogP) is 4.29. The summed E-state index contributed by atoms with van der Waals surface area (Å²) >= 11 is 0. The molecule has 2 aromatic rings. The maximum atomic E-state index is 11.9. The van der Waals surface area contributed by atoms with Crippen molar-refractivity contribution in [2.45, 2.75) is 13.6 Å². The maximum Gasteiger partial charge on any atom is 0.171 e. The fraction of sp³-hybridized carbons (Fsp3) is 0.133. The largest absolute Gasteiger partial charge is 0.294 e. The van der Waals surface area contributed by atoms with E-state index in [0.717, 1.165) is 5.56 Å². The van der Waals surface area contributed by atoms with Gasteiger partial charge in [0, 0.05) is 4.53 Å². The van der Waals surface area contributed by atoms with Crippen molar-refractivity contribution in [2.24, 2.45) is 0 Å². The van der Waals surface area contributed by atoms with Gasteiger partial charge in [-0.3, -0.25) is 4.94 Å². The van der Waals surface area contributed by atoms with Gasteiger partial charge >= 0.3 is 0 Å². The second-order valence-corrected chi connectivity index (χ2v) is 3.83. The van der Waals surface area contributed by atoms with Crippen molar-refractivity contribution in [1.82, 2.24) is 0 Å². The lowest BCUT2D eigenvalue weighted by atomic mass is 10.2. The first kappa shape index (κ1) is 14.7. The monoisotopic (exact) mass is 261 g/mol. The molecule has 0 fully saturated rings. The molecule has 0 aliphatic carbocycles. The Morgan fingerprint density at radius 1 is 1.05 bits per heavy atom. The van der Waals surface area contributed by atoms with E-state index < -0.39 is 0 Å². The Morgan fingerprint density at radius 2 is 1.63 bits per heavy atom. The van der Waals surface area contributed by atoms with Crippen molar-refractivity contribution in [2.75, 3.05) is 0 Å². The van der Waals surface area contributed by atoms with Crippen LogP contribution in [0.25, 0.3) is 0 Å². The molecular weight excluding hydrogens is 248 g/mol. The van der Waals surface area contributed by atoms with Crippen molar-refractivity contribution < 1.29 is 13.9 Å². The fourth-order valence-electron chi connectivity index (χ4n) is 1.26. The Bertz CT molecular complexity index is 530. The van der Waals surface area contributed by atoms with Crippen LogP contribution in [0.4, 0.5) is 8.92 Å². The van der Waals surface area contributed by atoms with Gasteiger partial charge < -0.3 is 0 Å². The van der Waals surface area contributed by atoms with Gasteiger partial charge in [0.1, 0.15) is 6.67 Å². The number of rotatable bonds is 2. The molecule has 19 heavy (non-hydrogen) atoms. The van der Waals surface area contributed by atoms with Gasteiger partial charge in [-0.15, -0.1) is 0 Å². The van der Waals surface area contributed by atoms with Crippen LogP contribution in [0, 0.1) is 18.3 Å². The molecule has 0 amide bonds. The summed E-state index contributed by atoms with van der Waals surface area (Å²) in [6.07, 6.45) is 0. The molecule has 2 rings (SSSR count). The van der Waals surface area contributed by atoms with E-state index in [9.17, 15) is 8.92 Å². The quantitative estimate of drug-likeness (QED) is 0.808. The summed E-state index contributed by atoms with van der Waals surface area (Å²) in [5.74, 6) is 0.110. The molecule has 2 aromatic carbocycles. The molecule has 0 saturated heterocycles. The highest BCUT2D eigenvalue weighted by atomic mass is 19.3. The molecule has 0 aliphatic heterocycles. The Kier molecular flexibility index (Phi) is 6.04. The molecule has 4 heteroatoms. The van der Waals surface area contributed by atoms with Crippen LogP contribution in [0.5, 0.6) is 5.75 Å². The fourth-order valence-corrected chi connectivity index (χ4v) is 1.26. The number of benzene rings is 2. The zero-order valence-corrected chi connectivity index (χ0v) is 10.4. The number of halogens is 2. The summed E-state index contributed by atoms with van der Waals surface area (Å²) in [4.78, 5) is 3.40. The van der Waals surface area contributed by atoms with E-state index >= 15 is 0 Å². The molecule has 0 atom stereocenters. The van der Waals surface area contributed by atoms with E-state index in [0.29, 0.717) is 5.56 Å².